The van der Waals surface area contributed by atoms with Crippen LogP contribution in [0, 0.1) is 5.82 Å². The Hall–Kier alpha value is -1.48. The van der Waals surface area contributed by atoms with Gasteiger partial charge >= 0.3 is 0 Å². The van der Waals surface area contributed by atoms with Gasteiger partial charge in [-0.2, -0.15) is 0 Å². The van der Waals surface area contributed by atoms with E-state index in [9.17, 15) is 0 Å². The van der Waals surface area contributed by atoms with E-state index in [1.165, 1.54) is 11.8 Å². The average molecular weight is 642 g/mol. The van der Waals surface area contributed by atoms with E-state index < -0.39 is 9.39 Å². The van der Waals surface area contributed by atoms with E-state index in [-0.39, 0.29) is 11.2 Å². The molecule has 0 unspecified atom stereocenters. The fourth-order valence-corrected chi connectivity index (χ4v) is 8.15. The minimum atomic E-state index is -1.84. The van der Waals surface area contributed by atoms with Crippen molar-refractivity contribution in [3.8, 4) is 5.75 Å². The van der Waals surface area contributed by atoms with E-state index in [2.05, 4.69) is 63.0 Å². The maximum Gasteiger partial charge on any atom is 0.137 e. The lowest BCUT2D eigenvalue weighted by atomic mass is 9.78. The molecule has 2 aromatic carbocycles. The number of ether oxygens (including phenoxy) is 1. The molecule has 0 spiro atoms. The van der Waals surface area contributed by atoms with Crippen LogP contribution in [0.25, 0.3) is 0 Å². The van der Waals surface area contributed by atoms with Gasteiger partial charge in [0.05, 0.1) is 44.4 Å². The molecule has 0 aromatic heterocycles. The summed E-state index contributed by atoms with van der Waals surface area (Å²) in [5.41, 5.74) is 2.35. The molecule has 0 radical (unpaired) electrons. The second kappa shape index (κ2) is 13.4. The van der Waals surface area contributed by atoms with Crippen molar-refractivity contribution in [2.24, 2.45) is 4.99 Å². The van der Waals surface area contributed by atoms with Crippen molar-refractivity contribution >= 4 is 61.1 Å². The van der Waals surface area contributed by atoms with E-state index in [1.54, 1.807) is 13.2 Å². The van der Waals surface area contributed by atoms with Gasteiger partial charge in [-0.3, -0.25) is 9.30 Å². The lowest BCUT2D eigenvalue weighted by molar-refractivity contribution is -0.897. The van der Waals surface area contributed by atoms with Crippen molar-refractivity contribution in [3.63, 3.8) is 0 Å². The van der Waals surface area contributed by atoms with Crippen LogP contribution in [-0.4, -0.2) is 73.0 Å². The number of rotatable bonds is 9. The smallest absolute Gasteiger partial charge is 0.137 e. The molecular weight excluding hydrogens is 596 g/mol. The third-order valence-corrected chi connectivity index (χ3v) is 12.4. The average Bonchev–Trinajstić information content (AvgIpc) is 2.90. The standard InChI is InChI=1S/C32H45Cl2FN3OS2/c1-22(32(3,4)24-11-12-28(33)31(17-24)39-8)20-36-23(2)40-21-27-29(34)18-26(19-30(27)35)41(9,10)37-15-13-25(14-16-37)38(5,6)7/h11-12,17-20,25H,9-10,13-16,21H2,1-8H3/q+1/b22-20+,36-23?. The Bertz CT molecular complexity index is 1400. The molecule has 0 atom stereocenters. The van der Waals surface area contributed by atoms with E-state index in [1.807, 2.05) is 37.4 Å². The normalized spacial score (nSPS) is 16.8. The minimum Gasteiger partial charge on any atom is -0.495 e. The molecule has 1 aliphatic heterocycles. The highest BCUT2D eigenvalue weighted by molar-refractivity contribution is 8.25. The number of methoxy groups -OCH3 is 1. The number of piperidine rings is 1. The molecule has 2 aromatic rings. The number of nitrogens with zero attached hydrogens (tertiary/aromatic N) is 3. The molecule has 0 amide bonds. The summed E-state index contributed by atoms with van der Waals surface area (Å²) in [6, 6.07) is 9.87. The summed E-state index contributed by atoms with van der Waals surface area (Å²) in [6.45, 7) is 10.1. The Morgan fingerprint density at radius 3 is 2.34 bits per heavy atom. The zero-order valence-corrected chi connectivity index (χ0v) is 28.8. The molecule has 4 nitrogen and oxygen atoms in total. The van der Waals surface area contributed by atoms with Gasteiger partial charge in [0.15, 0.2) is 0 Å². The Labute approximate surface area is 261 Å². The number of aliphatic imine (C=N–C) groups is 1. The molecule has 41 heavy (non-hydrogen) atoms. The highest BCUT2D eigenvalue weighted by atomic mass is 35.5. The summed E-state index contributed by atoms with van der Waals surface area (Å²) < 4.78 is 24.1. The van der Waals surface area contributed by atoms with Gasteiger partial charge in [0, 0.05) is 58.8 Å². The van der Waals surface area contributed by atoms with Gasteiger partial charge in [-0.25, -0.2) is 4.39 Å². The van der Waals surface area contributed by atoms with Crippen molar-refractivity contribution in [1.82, 2.24) is 4.31 Å². The van der Waals surface area contributed by atoms with Crippen LogP contribution >= 0.6 is 44.4 Å². The molecule has 0 bridgehead atoms. The van der Waals surface area contributed by atoms with E-state index >= 15 is 4.39 Å². The predicted octanol–water partition coefficient (Wildman–Crippen LogP) is 8.79. The van der Waals surface area contributed by atoms with Crippen LogP contribution < -0.4 is 4.74 Å². The lowest BCUT2D eigenvalue weighted by Crippen LogP contribution is -2.50. The maximum atomic E-state index is 15.4. The van der Waals surface area contributed by atoms with Gasteiger partial charge in [0.25, 0.3) is 0 Å². The summed E-state index contributed by atoms with van der Waals surface area (Å²) >= 11 is 14.3. The molecule has 1 aliphatic rings. The van der Waals surface area contributed by atoms with E-state index in [0.29, 0.717) is 33.2 Å². The second-order valence-electron chi connectivity index (χ2n) is 12.2. The van der Waals surface area contributed by atoms with Crippen molar-refractivity contribution < 1.29 is 13.6 Å². The van der Waals surface area contributed by atoms with Gasteiger partial charge < -0.3 is 9.22 Å². The van der Waals surface area contributed by atoms with Crippen molar-refractivity contribution in [2.45, 2.75) is 62.6 Å². The van der Waals surface area contributed by atoms with Crippen LogP contribution in [0.2, 0.25) is 10.0 Å². The number of quaternary nitrogens is 1. The number of halogens is 3. The first-order valence-electron chi connectivity index (χ1n) is 13.7. The molecule has 1 saturated heterocycles. The Balaban J connectivity index is 1.70. The first-order chi connectivity index (χ1) is 19.0. The first-order valence-corrected chi connectivity index (χ1v) is 17.4. The summed E-state index contributed by atoms with van der Waals surface area (Å²) in [7, 11) is 6.50. The van der Waals surface area contributed by atoms with Crippen molar-refractivity contribution in [1.29, 1.82) is 0 Å². The Morgan fingerprint density at radius 2 is 1.78 bits per heavy atom. The largest absolute Gasteiger partial charge is 0.495 e. The van der Waals surface area contributed by atoms with Crippen LogP contribution in [0.15, 0.2) is 52.0 Å². The van der Waals surface area contributed by atoms with Crippen molar-refractivity contribution in [3.05, 3.63) is 69.1 Å². The zero-order chi connectivity index (χ0) is 30.8. The highest BCUT2D eigenvalue weighted by Crippen LogP contribution is 2.42. The predicted molar refractivity (Wildman–Crippen MR) is 183 cm³/mol. The monoisotopic (exact) mass is 640 g/mol. The Kier molecular flexibility index (Phi) is 11.2. The van der Waals surface area contributed by atoms with Gasteiger partial charge in [-0.05, 0) is 49.2 Å². The fraction of sp³-hybridized carbons (Fsp3) is 0.469. The molecule has 3 rings (SSSR count). The number of allylic oxidation sites excluding steroid dienone is 1. The number of hydrogen-bond acceptors (Lipinski definition) is 4. The van der Waals surface area contributed by atoms with Gasteiger partial charge in [0.2, 0.25) is 0 Å². The molecule has 9 heteroatoms. The summed E-state index contributed by atoms with van der Waals surface area (Å²) in [4.78, 5) is 5.44. The summed E-state index contributed by atoms with van der Waals surface area (Å²) in [5.74, 6) is 9.63. The maximum absolute atomic E-state index is 15.4. The van der Waals surface area contributed by atoms with Gasteiger partial charge in [-0.1, -0.05) is 54.9 Å². The topological polar surface area (TPSA) is 24.8 Å². The van der Waals surface area contributed by atoms with Crippen LogP contribution in [-0.2, 0) is 11.2 Å². The molecule has 0 aliphatic carbocycles. The summed E-state index contributed by atoms with van der Waals surface area (Å²) in [6.07, 6.45) is 4.02. The van der Waals surface area contributed by atoms with Gasteiger partial charge in [0.1, 0.15) is 11.6 Å². The van der Waals surface area contributed by atoms with Crippen molar-refractivity contribution in [2.75, 3.05) is 41.3 Å². The zero-order valence-electron chi connectivity index (χ0n) is 25.7. The number of hydrogen-bond donors (Lipinski definition) is 0. The van der Waals surface area contributed by atoms with Crippen LogP contribution in [0.1, 0.15) is 51.7 Å². The van der Waals surface area contributed by atoms with Crippen LogP contribution in [0.3, 0.4) is 0 Å². The third kappa shape index (κ3) is 8.12. The van der Waals surface area contributed by atoms with Gasteiger partial charge in [-0.15, -0.1) is 21.2 Å². The molecule has 1 fully saturated rings. The molecule has 1 heterocycles. The quantitative estimate of drug-likeness (QED) is 0.118. The summed E-state index contributed by atoms with van der Waals surface area (Å²) in [5, 5.41) is 1.81. The third-order valence-electron chi connectivity index (χ3n) is 8.29. The minimum absolute atomic E-state index is 0.282. The van der Waals surface area contributed by atoms with E-state index in [0.717, 1.165) is 51.5 Å². The molecule has 0 N–H and O–H groups in total. The Morgan fingerprint density at radius 1 is 1.15 bits per heavy atom. The highest BCUT2D eigenvalue weighted by Gasteiger charge is 2.31. The SMILES string of the molecule is C=S(=C)(c1cc(F)c(CSC(C)=N/C=C(\C)C(C)(C)c2ccc(Cl)c(OC)c2)c(Cl)c1)N1CCC([N+](C)(C)C)CC1. The van der Waals surface area contributed by atoms with Crippen LogP contribution in [0.5, 0.6) is 5.75 Å². The fourth-order valence-electron chi connectivity index (χ4n) is 4.89. The second-order valence-corrected chi connectivity index (χ2v) is 16.9. The molecule has 0 saturated carbocycles. The first kappa shape index (κ1) is 34.0. The lowest BCUT2D eigenvalue weighted by Gasteiger charge is -2.42. The molecular formula is C32H45Cl2FN3OS2+. The number of thioether (sulfide) groups is 1. The van der Waals surface area contributed by atoms with Crippen LogP contribution in [0.4, 0.5) is 4.39 Å². The molecule has 226 valence electrons. The van der Waals surface area contributed by atoms with E-state index in [4.69, 9.17) is 27.9 Å². The number of benzene rings is 2.